The van der Waals surface area contributed by atoms with Crippen LogP contribution in [0, 0.1) is 0 Å². The lowest BCUT2D eigenvalue weighted by Gasteiger charge is -2.34. The molecule has 1 aromatic rings. The molecule has 0 radical (unpaired) electrons. The van der Waals surface area contributed by atoms with Gasteiger partial charge >= 0.3 is 7.60 Å². The van der Waals surface area contributed by atoms with E-state index in [1.165, 1.54) is 6.92 Å². The maximum Gasteiger partial charge on any atom is 0.366 e. The molecule has 1 aromatic carbocycles. The van der Waals surface area contributed by atoms with E-state index in [0.717, 1.165) is 0 Å². The molecule has 20 heavy (non-hydrogen) atoms. The van der Waals surface area contributed by atoms with Gasteiger partial charge in [0.05, 0.1) is 19.6 Å². The number of rotatable bonds is 8. The van der Waals surface area contributed by atoms with Gasteiger partial charge in [-0.05, 0) is 26.3 Å². The summed E-state index contributed by atoms with van der Waals surface area (Å²) in [6.07, 6.45) is -0.325. The van der Waals surface area contributed by atoms with Gasteiger partial charge in [0.2, 0.25) is 0 Å². The van der Waals surface area contributed by atoms with Crippen molar-refractivity contribution in [2.45, 2.75) is 32.5 Å². The van der Waals surface area contributed by atoms with Gasteiger partial charge in [-0.15, -0.1) is 0 Å². The predicted molar refractivity (Wildman–Crippen MR) is 76.5 cm³/mol. The van der Waals surface area contributed by atoms with E-state index in [9.17, 15) is 14.5 Å². The second-order valence-electron chi connectivity index (χ2n) is 4.39. The zero-order valence-electron chi connectivity index (χ0n) is 12.0. The van der Waals surface area contributed by atoms with Crippen LogP contribution in [-0.4, -0.2) is 24.1 Å². The van der Waals surface area contributed by atoms with E-state index >= 15 is 0 Å². The first kappa shape index (κ1) is 17.1. The Bertz CT molecular complexity index is 478. The molecule has 0 saturated carbocycles. The first-order chi connectivity index (χ1) is 9.39. The molecule has 1 N–H and O–H groups in total. The summed E-state index contributed by atoms with van der Waals surface area (Å²) < 4.78 is 23.4. The Morgan fingerprint density at radius 2 is 1.70 bits per heavy atom. The average molecular weight is 300 g/mol. The molecule has 112 valence electrons. The Balaban J connectivity index is 3.36. The van der Waals surface area contributed by atoms with Gasteiger partial charge in [-0.25, -0.2) is 0 Å². The quantitative estimate of drug-likeness (QED) is 0.747. The Labute approximate surface area is 119 Å². The number of aliphatic hydroxyl groups is 1. The number of carbonyl (C=O) groups excluding carboxylic acids is 1. The topological polar surface area (TPSA) is 72.8 Å². The Morgan fingerprint density at radius 3 is 2.10 bits per heavy atom. The van der Waals surface area contributed by atoms with Crippen molar-refractivity contribution >= 4 is 13.4 Å². The van der Waals surface area contributed by atoms with Crippen molar-refractivity contribution in [3.63, 3.8) is 0 Å². The molecular weight excluding hydrogens is 279 g/mol. The van der Waals surface area contributed by atoms with Gasteiger partial charge < -0.3 is 14.2 Å². The number of hydrogen-bond donors (Lipinski definition) is 1. The van der Waals surface area contributed by atoms with Gasteiger partial charge in [-0.2, -0.15) is 0 Å². The highest BCUT2D eigenvalue weighted by molar-refractivity contribution is 7.55. The van der Waals surface area contributed by atoms with E-state index in [1.54, 1.807) is 44.2 Å². The largest absolute Gasteiger partial charge is 0.373 e. The molecule has 1 unspecified atom stereocenters. The number of benzene rings is 1. The van der Waals surface area contributed by atoms with E-state index in [2.05, 4.69) is 0 Å². The molecule has 6 heteroatoms. The molecule has 0 aliphatic heterocycles. The maximum absolute atomic E-state index is 12.9. The first-order valence-corrected chi connectivity index (χ1v) is 8.10. The van der Waals surface area contributed by atoms with Crippen LogP contribution in [0.15, 0.2) is 30.3 Å². The van der Waals surface area contributed by atoms with E-state index in [-0.39, 0.29) is 25.4 Å². The van der Waals surface area contributed by atoms with Crippen molar-refractivity contribution in [2.75, 3.05) is 13.2 Å². The normalized spacial score (nSPS) is 14.8. The standard InChI is InChI=1S/C14H21O5P/c1-4-18-20(17,19-5-2)14(16,11-12(3)15)13-9-7-6-8-10-13/h6-10,16H,4-5,11H2,1-3H3. The van der Waals surface area contributed by atoms with E-state index in [0.29, 0.717) is 5.56 Å². The van der Waals surface area contributed by atoms with Crippen LogP contribution in [-0.2, 0) is 23.7 Å². The lowest BCUT2D eigenvalue weighted by molar-refractivity contribution is -0.120. The summed E-state index contributed by atoms with van der Waals surface area (Å²) >= 11 is 0. The van der Waals surface area contributed by atoms with Gasteiger partial charge in [0.25, 0.3) is 0 Å². The summed E-state index contributed by atoms with van der Waals surface area (Å²) in [7, 11) is -3.88. The van der Waals surface area contributed by atoms with Gasteiger partial charge in [0, 0.05) is 0 Å². The van der Waals surface area contributed by atoms with Crippen molar-refractivity contribution in [1.82, 2.24) is 0 Å². The summed E-state index contributed by atoms with van der Waals surface area (Å²) in [5.74, 6) is -0.295. The second-order valence-corrected chi connectivity index (χ2v) is 6.65. The van der Waals surface area contributed by atoms with Crippen LogP contribution in [0.25, 0.3) is 0 Å². The maximum atomic E-state index is 12.9. The molecule has 0 saturated heterocycles. The van der Waals surface area contributed by atoms with Crippen LogP contribution in [0.3, 0.4) is 0 Å². The fraction of sp³-hybridized carbons (Fsp3) is 0.500. The molecule has 0 bridgehead atoms. The molecule has 1 atom stereocenters. The summed E-state index contributed by atoms with van der Waals surface area (Å²) in [6, 6.07) is 8.37. The fourth-order valence-electron chi connectivity index (χ4n) is 2.00. The highest BCUT2D eigenvalue weighted by Crippen LogP contribution is 2.65. The molecule has 0 fully saturated rings. The van der Waals surface area contributed by atoms with Crippen molar-refractivity contribution in [2.24, 2.45) is 0 Å². The third kappa shape index (κ3) is 3.55. The number of hydrogen-bond acceptors (Lipinski definition) is 5. The fourth-order valence-corrected chi connectivity index (χ4v) is 4.06. The van der Waals surface area contributed by atoms with Crippen LogP contribution in [0.5, 0.6) is 0 Å². The van der Waals surface area contributed by atoms with Gasteiger partial charge in [-0.1, -0.05) is 30.3 Å². The number of Topliss-reactive ketones (excluding diaryl/α,β-unsaturated/α-hetero) is 1. The molecular formula is C14H21O5P. The Kier molecular flexibility index (Phi) is 6.08. The number of ketones is 1. The lowest BCUT2D eigenvalue weighted by atomic mass is 10.0. The molecule has 0 aliphatic carbocycles. The van der Waals surface area contributed by atoms with Crippen molar-refractivity contribution in [1.29, 1.82) is 0 Å². The third-order valence-electron chi connectivity index (χ3n) is 2.78. The molecule has 0 amide bonds. The second kappa shape index (κ2) is 7.14. The summed E-state index contributed by atoms with van der Waals surface area (Å²) in [5.41, 5.74) is 0.348. The van der Waals surface area contributed by atoms with E-state index < -0.39 is 12.9 Å². The van der Waals surface area contributed by atoms with E-state index in [1.807, 2.05) is 0 Å². The summed E-state index contributed by atoms with van der Waals surface area (Å²) in [4.78, 5) is 11.5. The van der Waals surface area contributed by atoms with Gasteiger partial charge in [0.1, 0.15) is 5.78 Å². The smallest absolute Gasteiger partial charge is 0.366 e. The summed E-state index contributed by atoms with van der Waals surface area (Å²) in [6.45, 7) is 4.88. The zero-order valence-corrected chi connectivity index (χ0v) is 12.9. The highest BCUT2D eigenvalue weighted by atomic mass is 31.2. The molecule has 0 aliphatic rings. The average Bonchev–Trinajstić information content (AvgIpc) is 2.39. The molecule has 0 spiro atoms. The Morgan fingerprint density at radius 1 is 1.20 bits per heavy atom. The number of carbonyl (C=O) groups is 1. The third-order valence-corrected chi connectivity index (χ3v) is 5.30. The molecule has 0 aromatic heterocycles. The lowest BCUT2D eigenvalue weighted by Crippen LogP contribution is -2.30. The van der Waals surface area contributed by atoms with Crippen LogP contribution in [0.2, 0.25) is 0 Å². The van der Waals surface area contributed by atoms with Crippen LogP contribution >= 0.6 is 7.60 Å². The molecule has 0 heterocycles. The minimum absolute atomic E-state index is 0.115. The van der Waals surface area contributed by atoms with Gasteiger partial charge in [-0.3, -0.25) is 9.36 Å². The molecule has 1 rings (SSSR count). The zero-order chi connectivity index (χ0) is 15.2. The van der Waals surface area contributed by atoms with Crippen molar-refractivity contribution in [3.05, 3.63) is 35.9 Å². The van der Waals surface area contributed by atoms with Gasteiger partial charge in [0.15, 0.2) is 5.34 Å². The first-order valence-electron chi connectivity index (χ1n) is 6.56. The molecule has 5 nitrogen and oxygen atoms in total. The summed E-state index contributed by atoms with van der Waals surface area (Å²) in [5, 5.41) is 8.93. The SMILES string of the molecule is CCOP(=O)(OCC)C(O)(CC(C)=O)c1ccccc1. The van der Waals surface area contributed by atoms with Crippen molar-refractivity contribution in [3.8, 4) is 0 Å². The minimum Gasteiger partial charge on any atom is -0.373 e. The Hall–Kier alpha value is -1.00. The minimum atomic E-state index is -3.88. The highest BCUT2D eigenvalue weighted by Gasteiger charge is 2.51. The van der Waals surface area contributed by atoms with Crippen LogP contribution < -0.4 is 0 Å². The monoisotopic (exact) mass is 300 g/mol. The predicted octanol–water partition coefficient (Wildman–Crippen LogP) is 3.08. The van der Waals surface area contributed by atoms with Crippen molar-refractivity contribution < 1.29 is 23.5 Å². The van der Waals surface area contributed by atoms with E-state index in [4.69, 9.17) is 9.05 Å². The van der Waals surface area contributed by atoms with Crippen LogP contribution in [0.4, 0.5) is 0 Å². The van der Waals surface area contributed by atoms with Crippen LogP contribution in [0.1, 0.15) is 32.8 Å².